The van der Waals surface area contributed by atoms with E-state index in [9.17, 15) is 0 Å². The van der Waals surface area contributed by atoms with Crippen molar-refractivity contribution in [3.05, 3.63) is 40.5 Å². The minimum atomic E-state index is 0.190. The maximum atomic E-state index is 4.32. The summed E-state index contributed by atoms with van der Waals surface area (Å²) < 4.78 is 0. The number of hydrogen-bond donors (Lipinski definition) is 1. The number of nitrogens with one attached hydrogen (secondary N) is 1. The highest BCUT2D eigenvalue weighted by atomic mass is 14.9. The van der Waals surface area contributed by atoms with E-state index >= 15 is 0 Å². The molecule has 0 unspecified atom stereocenters. The molecule has 0 saturated carbocycles. The fourth-order valence-electron chi connectivity index (χ4n) is 2.98. The molecule has 3 rings (SSSR count). The molecule has 0 spiro atoms. The van der Waals surface area contributed by atoms with E-state index in [1.165, 1.54) is 27.8 Å². The second kappa shape index (κ2) is 4.61. The largest absolute Gasteiger partial charge is 0.312 e. The van der Waals surface area contributed by atoms with Gasteiger partial charge in [0.05, 0.1) is 6.54 Å². The number of fused-ring (bicyclic) bond motifs is 1. The minimum absolute atomic E-state index is 0.190. The van der Waals surface area contributed by atoms with Gasteiger partial charge in [-0.25, -0.2) is 0 Å². The maximum Gasteiger partial charge on any atom is 0.0580 e. The molecule has 1 aromatic carbocycles. The Bertz CT molecular complexity index is 559. The Hall–Kier alpha value is -1.41. The van der Waals surface area contributed by atoms with E-state index in [1.807, 2.05) is 6.21 Å². The summed E-state index contributed by atoms with van der Waals surface area (Å²) in [7, 11) is 0. The number of nitrogens with zero attached hydrogens (tertiary/aromatic N) is 1. The Labute approximate surface area is 115 Å². The normalized spacial score (nSPS) is 18.4. The second-order valence-electron chi connectivity index (χ2n) is 6.49. The summed E-state index contributed by atoms with van der Waals surface area (Å²) in [5, 5.41) is 3.50. The zero-order valence-corrected chi connectivity index (χ0v) is 12.1. The van der Waals surface area contributed by atoms with Crippen molar-refractivity contribution in [2.75, 3.05) is 13.1 Å². The van der Waals surface area contributed by atoms with Crippen LogP contribution in [-0.2, 0) is 18.4 Å². The van der Waals surface area contributed by atoms with Crippen LogP contribution in [0.2, 0.25) is 0 Å². The molecule has 1 N–H and O–H groups in total. The second-order valence-corrected chi connectivity index (χ2v) is 6.49. The molecule has 0 radical (unpaired) electrons. The Balaban J connectivity index is 2.16. The van der Waals surface area contributed by atoms with Crippen molar-refractivity contribution in [3.8, 4) is 0 Å². The lowest BCUT2D eigenvalue weighted by Gasteiger charge is -2.29. The van der Waals surface area contributed by atoms with Crippen molar-refractivity contribution in [2.24, 2.45) is 4.99 Å². The Morgan fingerprint density at radius 1 is 1.21 bits per heavy atom. The zero-order chi connectivity index (χ0) is 13.5. The summed E-state index contributed by atoms with van der Waals surface area (Å²) in [4.78, 5) is 4.32. The average molecular weight is 254 g/mol. The standard InChI is InChI=1S/C17H22N2/c1-17(2,3)16-9-14(13-5-7-18-10-13)8-12-4-6-19-11-15(12)16/h5,8-10,19H,4,6-7,11H2,1-3H3. The average Bonchev–Trinajstić information content (AvgIpc) is 2.90. The number of benzene rings is 1. The SMILES string of the molecule is CC(C)(C)c1cc(C2=CCN=C2)cc2c1CNCC2. The van der Waals surface area contributed by atoms with Crippen molar-refractivity contribution in [1.29, 1.82) is 0 Å². The summed E-state index contributed by atoms with van der Waals surface area (Å²) in [5.41, 5.74) is 7.32. The van der Waals surface area contributed by atoms with Gasteiger partial charge in [0.15, 0.2) is 0 Å². The summed E-state index contributed by atoms with van der Waals surface area (Å²) in [5.74, 6) is 0. The van der Waals surface area contributed by atoms with Crippen LogP contribution in [0.4, 0.5) is 0 Å². The van der Waals surface area contributed by atoms with E-state index in [2.05, 4.69) is 49.3 Å². The van der Waals surface area contributed by atoms with E-state index in [0.29, 0.717) is 0 Å². The van der Waals surface area contributed by atoms with E-state index in [0.717, 1.165) is 26.1 Å². The van der Waals surface area contributed by atoms with Gasteiger partial charge in [-0.3, -0.25) is 4.99 Å². The van der Waals surface area contributed by atoms with Crippen LogP contribution in [0.15, 0.2) is 23.2 Å². The Kier molecular flexibility index (Phi) is 3.06. The molecular weight excluding hydrogens is 232 g/mol. The summed E-state index contributed by atoms with van der Waals surface area (Å²) in [6.07, 6.45) is 5.36. The summed E-state index contributed by atoms with van der Waals surface area (Å²) in [6.45, 7) is 9.84. The summed E-state index contributed by atoms with van der Waals surface area (Å²) >= 11 is 0. The molecule has 0 amide bonds. The highest BCUT2D eigenvalue weighted by Crippen LogP contribution is 2.33. The molecule has 0 aromatic heterocycles. The molecule has 1 aromatic rings. The molecule has 0 bridgehead atoms. The molecule has 2 heteroatoms. The van der Waals surface area contributed by atoms with Gasteiger partial charge in [0, 0.05) is 12.8 Å². The van der Waals surface area contributed by atoms with Gasteiger partial charge in [-0.2, -0.15) is 0 Å². The molecule has 2 aliphatic heterocycles. The first-order valence-electron chi connectivity index (χ1n) is 7.13. The van der Waals surface area contributed by atoms with Crippen LogP contribution in [0.1, 0.15) is 43.0 Å². The molecule has 0 aliphatic carbocycles. The van der Waals surface area contributed by atoms with Crippen LogP contribution in [0, 0.1) is 0 Å². The summed E-state index contributed by atoms with van der Waals surface area (Å²) in [6, 6.07) is 4.74. The van der Waals surface area contributed by atoms with Crippen LogP contribution in [-0.4, -0.2) is 19.3 Å². The highest BCUT2D eigenvalue weighted by Gasteiger charge is 2.23. The van der Waals surface area contributed by atoms with Gasteiger partial charge in [0.25, 0.3) is 0 Å². The zero-order valence-electron chi connectivity index (χ0n) is 12.1. The fourth-order valence-corrected chi connectivity index (χ4v) is 2.98. The third-order valence-corrected chi connectivity index (χ3v) is 4.00. The molecule has 2 nitrogen and oxygen atoms in total. The van der Waals surface area contributed by atoms with E-state index in [1.54, 1.807) is 0 Å². The van der Waals surface area contributed by atoms with Crippen LogP contribution in [0.25, 0.3) is 5.57 Å². The third kappa shape index (κ3) is 2.37. The quantitative estimate of drug-likeness (QED) is 0.818. The van der Waals surface area contributed by atoms with Gasteiger partial charge in [-0.1, -0.05) is 39.0 Å². The molecule has 0 atom stereocenters. The number of hydrogen-bond acceptors (Lipinski definition) is 2. The van der Waals surface area contributed by atoms with Crippen LogP contribution in [0.3, 0.4) is 0 Å². The van der Waals surface area contributed by atoms with Gasteiger partial charge >= 0.3 is 0 Å². The van der Waals surface area contributed by atoms with Crippen molar-refractivity contribution < 1.29 is 0 Å². The molecule has 100 valence electrons. The molecule has 19 heavy (non-hydrogen) atoms. The molecular formula is C17H22N2. The minimum Gasteiger partial charge on any atom is -0.312 e. The molecule has 2 aliphatic rings. The third-order valence-electron chi connectivity index (χ3n) is 4.00. The van der Waals surface area contributed by atoms with Crippen LogP contribution in [0.5, 0.6) is 0 Å². The maximum absolute atomic E-state index is 4.32. The predicted octanol–water partition coefficient (Wildman–Crippen LogP) is 3.10. The Morgan fingerprint density at radius 2 is 2.05 bits per heavy atom. The van der Waals surface area contributed by atoms with Crippen molar-refractivity contribution >= 4 is 11.8 Å². The number of allylic oxidation sites excluding steroid dienone is 1. The molecule has 0 saturated heterocycles. The van der Waals surface area contributed by atoms with Gasteiger partial charge < -0.3 is 5.32 Å². The van der Waals surface area contributed by atoms with Gasteiger partial charge in [0.2, 0.25) is 0 Å². The topological polar surface area (TPSA) is 24.4 Å². The number of rotatable bonds is 1. The van der Waals surface area contributed by atoms with E-state index < -0.39 is 0 Å². The fraction of sp³-hybridized carbons (Fsp3) is 0.471. The van der Waals surface area contributed by atoms with Crippen LogP contribution < -0.4 is 5.32 Å². The van der Waals surface area contributed by atoms with Crippen molar-refractivity contribution in [3.63, 3.8) is 0 Å². The highest BCUT2D eigenvalue weighted by molar-refractivity contribution is 6.11. The smallest absolute Gasteiger partial charge is 0.0580 e. The van der Waals surface area contributed by atoms with E-state index in [-0.39, 0.29) is 5.41 Å². The Morgan fingerprint density at radius 3 is 2.74 bits per heavy atom. The molecule has 2 heterocycles. The van der Waals surface area contributed by atoms with Gasteiger partial charge in [-0.15, -0.1) is 0 Å². The number of aliphatic imine (C=N–C) groups is 1. The first-order valence-corrected chi connectivity index (χ1v) is 7.13. The lowest BCUT2D eigenvalue weighted by atomic mass is 9.79. The van der Waals surface area contributed by atoms with Crippen LogP contribution >= 0.6 is 0 Å². The monoisotopic (exact) mass is 254 g/mol. The first kappa shape index (κ1) is 12.6. The molecule has 0 fully saturated rings. The lowest BCUT2D eigenvalue weighted by molar-refractivity contribution is 0.559. The first-order chi connectivity index (χ1) is 9.05. The predicted molar refractivity (Wildman–Crippen MR) is 81.9 cm³/mol. The van der Waals surface area contributed by atoms with Crippen molar-refractivity contribution in [1.82, 2.24) is 5.32 Å². The lowest BCUT2D eigenvalue weighted by Crippen LogP contribution is -2.28. The van der Waals surface area contributed by atoms with Crippen molar-refractivity contribution in [2.45, 2.75) is 39.2 Å². The van der Waals surface area contributed by atoms with Gasteiger partial charge in [0.1, 0.15) is 0 Å². The van der Waals surface area contributed by atoms with Gasteiger partial charge in [-0.05, 0) is 46.2 Å². The van der Waals surface area contributed by atoms with E-state index in [4.69, 9.17) is 0 Å².